The molecule has 0 saturated carbocycles. The summed E-state index contributed by atoms with van der Waals surface area (Å²) in [7, 11) is 0. The number of ether oxygens (including phenoxy) is 3. The Hall–Kier alpha value is -1.48. The van der Waals surface area contributed by atoms with E-state index >= 15 is 0 Å². The topological polar surface area (TPSA) is 31.0 Å². The average Bonchev–Trinajstić information content (AvgIpc) is 2.92. The van der Waals surface area contributed by atoms with Crippen molar-refractivity contribution in [2.24, 2.45) is 0 Å². The van der Waals surface area contributed by atoms with Gasteiger partial charge in [-0.2, -0.15) is 0 Å². The number of benzene rings is 1. The molecule has 1 aromatic rings. The summed E-state index contributed by atoms with van der Waals surface area (Å²) in [5, 5.41) is 0. The van der Waals surface area contributed by atoms with Crippen molar-refractivity contribution >= 4 is 0 Å². The van der Waals surface area contributed by atoms with Crippen LogP contribution in [0.2, 0.25) is 0 Å². The van der Waals surface area contributed by atoms with E-state index in [-0.39, 0.29) is 5.60 Å². The van der Waals surface area contributed by atoms with E-state index in [1.807, 2.05) is 12.1 Å². The molecular formula is C19H26O3. The average molecular weight is 302 g/mol. The fourth-order valence-electron chi connectivity index (χ4n) is 2.92. The van der Waals surface area contributed by atoms with Gasteiger partial charge in [-0.05, 0) is 45.8 Å². The van der Waals surface area contributed by atoms with Gasteiger partial charge < -0.3 is 14.2 Å². The van der Waals surface area contributed by atoms with Gasteiger partial charge >= 0.3 is 0 Å². The first-order valence-corrected chi connectivity index (χ1v) is 8.19. The summed E-state index contributed by atoms with van der Waals surface area (Å²) in [6, 6.07) is 6.15. The Morgan fingerprint density at radius 3 is 2.91 bits per heavy atom. The standard InChI is InChI=1S/C19H26O3/c1-13(5-8-18-19(3,4)22-18)9-10-20-15-6-7-16-14(2)12-21-17(16)11-15/h6-7,9,11,14,18H,5,8,10,12H2,1-4H3. The first-order valence-electron chi connectivity index (χ1n) is 8.19. The summed E-state index contributed by atoms with van der Waals surface area (Å²) in [6.07, 6.45) is 4.75. The SMILES string of the molecule is CC(=CCOc1ccc2c(c1)OCC2C)CCC1OC1(C)C. The highest BCUT2D eigenvalue weighted by Gasteiger charge is 2.46. The molecule has 2 atom stereocenters. The predicted octanol–water partition coefficient (Wildman–Crippen LogP) is 4.47. The van der Waals surface area contributed by atoms with Crippen LogP contribution in [-0.4, -0.2) is 24.9 Å². The molecule has 3 rings (SSSR count). The Morgan fingerprint density at radius 1 is 1.41 bits per heavy atom. The van der Waals surface area contributed by atoms with Gasteiger partial charge in [0.15, 0.2) is 0 Å². The van der Waals surface area contributed by atoms with E-state index in [1.165, 1.54) is 11.1 Å². The van der Waals surface area contributed by atoms with Crippen molar-refractivity contribution in [3.8, 4) is 11.5 Å². The van der Waals surface area contributed by atoms with Crippen molar-refractivity contribution in [1.82, 2.24) is 0 Å². The van der Waals surface area contributed by atoms with Crippen LogP contribution in [0.3, 0.4) is 0 Å². The van der Waals surface area contributed by atoms with Crippen LogP contribution < -0.4 is 9.47 Å². The monoisotopic (exact) mass is 302 g/mol. The number of rotatable bonds is 6. The largest absolute Gasteiger partial charge is 0.493 e. The molecule has 2 heterocycles. The van der Waals surface area contributed by atoms with E-state index in [0.29, 0.717) is 18.6 Å². The third kappa shape index (κ3) is 3.46. The Balaban J connectivity index is 1.45. The quantitative estimate of drug-likeness (QED) is 0.574. The Morgan fingerprint density at radius 2 is 2.18 bits per heavy atom. The highest BCUT2D eigenvalue weighted by molar-refractivity contribution is 5.45. The number of hydrogen-bond acceptors (Lipinski definition) is 3. The van der Waals surface area contributed by atoms with Crippen molar-refractivity contribution < 1.29 is 14.2 Å². The summed E-state index contributed by atoms with van der Waals surface area (Å²) >= 11 is 0. The van der Waals surface area contributed by atoms with Crippen LogP contribution in [0, 0.1) is 0 Å². The van der Waals surface area contributed by atoms with E-state index in [2.05, 4.69) is 39.8 Å². The molecular weight excluding hydrogens is 276 g/mol. The normalized spacial score (nSPS) is 25.5. The predicted molar refractivity (Wildman–Crippen MR) is 87.8 cm³/mol. The lowest BCUT2D eigenvalue weighted by Crippen LogP contribution is -2.03. The molecule has 120 valence electrons. The van der Waals surface area contributed by atoms with Crippen LogP contribution in [0.15, 0.2) is 29.8 Å². The lowest BCUT2D eigenvalue weighted by Gasteiger charge is -2.07. The van der Waals surface area contributed by atoms with Gasteiger partial charge in [0.05, 0.1) is 18.3 Å². The zero-order valence-electron chi connectivity index (χ0n) is 14.0. The van der Waals surface area contributed by atoms with E-state index in [0.717, 1.165) is 30.9 Å². The summed E-state index contributed by atoms with van der Waals surface area (Å²) < 4.78 is 17.1. The molecule has 2 unspecified atom stereocenters. The zero-order valence-corrected chi connectivity index (χ0v) is 14.0. The van der Waals surface area contributed by atoms with Crippen molar-refractivity contribution in [2.45, 2.75) is 58.2 Å². The van der Waals surface area contributed by atoms with Crippen LogP contribution in [0.25, 0.3) is 0 Å². The van der Waals surface area contributed by atoms with Crippen molar-refractivity contribution in [3.63, 3.8) is 0 Å². The van der Waals surface area contributed by atoms with E-state index in [1.54, 1.807) is 0 Å². The van der Waals surface area contributed by atoms with Crippen LogP contribution in [0.4, 0.5) is 0 Å². The molecule has 3 heteroatoms. The lowest BCUT2D eigenvalue weighted by atomic mass is 10.0. The second-order valence-corrected chi connectivity index (χ2v) is 7.02. The summed E-state index contributed by atoms with van der Waals surface area (Å²) in [5.74, 6) is 2.34. The molecule has 0 aromatic heterocycles. The lowest BCUT2D eigenvalue weighted by molar-refractivity contribution is 0.319. The Bertz CT molecular complexity index is 574. The van der Waals surface area contributed by atoms with Crippen molar-refractivity contribution in [2.75, 3.05) is 13.2 Å². The minimum atomic E-state index is 0.0956. The molecule has 0 radical (unpaired) electrons. The van der Waals surface area contributed by atoms with Crippen LogP contribution >= 0.6 is 0 Å². The van der Waals surface area contributed by atoms with Crippen LogP contribution in [0.5, 0.6) is 11.5 Å². The molecule has 1 aromatic carbocycles. The van der Waals surface area contributed by atoms with Gasteiger partial charge in [-0.15, -0.1) is 0 Å². The molecule has 0 aliphatic carbocycles. The third-order valence-electron chi connectivity index (χ3n) is 4.65. The second kappa shape index (κ2) is 5.96. The molecule has 0 N–H and O–H groups in total. The fraction of sp³-hybridized carbons (Fsp3) is 0.579. The first-order chi connectivity index (χ1) is 10.5. The van der Waals surface area contributed by atoms with Gasteiger partial charge in [0, 0.05) is 17.5 Å². The maximum atomic E-state index is 5.81. The van der Waals surface area contributed by atoms with Crippen molar-refractivity contribution in [1.29, 1.82) is 0 Å². The molecule has 2 aliphatic rings. The first kappa shape index (κ1) is 15.4. The van der Waals surface area contributed by atoms with Gasteiger partial charge in [0.2, 0.25) is 0 Å². The summed E-state index contributed by atoms with van der Waals surface area (Å²) in [4.78, 5) is 0. The van der Waals surface area contributed by atoms with Crippen molar-refractivity contribution in [3.05, 3.63) is 35.4 Å². The summed E-state index contributed by atoms with van der Waals surface area (Å²) in [6.45, 7) is 10.0. The minimum absolute atomic E-state index is 0.0956. The maximum Gasteiger partial charge on any atom is 0.126 e. The van der Waals surface area contributed by atoms with Gasteiger partial charge in [0.25, 0.3) is 0 Å². The molecule has 0 amide bonds. The van der Waals surface area contributed by atoms with Crippen LogP contribution in [-0.2, 0) is 4.74 Å². The van der Waals surface area contributed by atoms with Gasteiger partial charge in [0.1, 0.15) is 18.1 Å². The summed E-state index contributed by atoms with van der Waals surface area (Å²) in [5.41, 5.74) is 2.74. The third-order valence-corrected chi connectivity index (χ3v) is 4.65. The van der Waals surface area contributed by atoms with E-state index < -0.39 is 0 Å². The van der Waals surface area contributed by atoms with Gasteiger partial charge in [-0.25, -0.2) is 0 Å². The number of hydrogen-bond donors (Lipinski definition) is 0. The molecule has 0 bridgehead atoms. The second-order valence-electron chi connectivity index (χ2n) is 7.02. The minimum Gasteiger partial charge on any atom is -0.493 e. The Labute approximate surface area is 133 Å². The molecule has 2 aliphatic heterocycles. The molecule has 3 nitrogen and oxygen atoms in total. The molecule has 1 saturated heterocycles. The smallest absolute Gasteiger partial charge is 0.126 e. The van der Waals surface area contributed by atoms with E-state index in [9.17, 15) is 0 Å². The molecule has 22 heavy (non-hydrogen) atoms. The molecule has 1 fully saturated rings. The maximum absolute atomic E-state index is 5.81. The number of fused-ring (bicyclic) bond motifs is 1. The van der Waals surface area contributed by atoms with Crippen LogP contribution in [0.1, 0.15) is 52.0 Å². The number of epoxide rings is 1. The number of allylic oxidation sites excluding steroid dienone is 1. The fourth-order valence-corrected chi connectivity index (χ4v) is 2.92. The Kier molecular flexibility index (Phi) is 4.18. The van der Waals surface area contributed by atoms with E-state index in [4.69, 9.17) is 14.2 Å². The van der Waals surface area contributed by atoms with Gasteiger partial charge in [-0.3, -0.25) is 0 Å². The zero-order chi connectivity index (χ0) is 15.7. The van der Waals surface area contributed by atoms with Gasteiger partial charge in [-0.1, -0.05) is 18.6 Å². The highest BCUT2D eigenvalue weighted by atomic mass is 16.6. The highest BCUT2D eigenvalue weighted by Crippen LogP contribution is 2.39. The molecule has 0 spiro atoms.